The van der Waals surface area contributed by atoms with Crippen LogP contribution in [0.2, 0.25) is 0 Å². The first-order chi connectivity index (χ1) is 15.6. The molecule has 2 heterocycles. The molecule has 0 spiro atoms. The second-order valence-electron chi connectivity index (χ2n) is 8.40. The highest BCUT2D eigenvalue weighted by Gasteiger charge is 2.36. The van der Waals surface area contributed by atoms with Gasteiger partial charge in [0.1, 0.15) is 11.5 Å². The molecule has 3 aromatic rings. The highest BCUT2D eigenvalue weighted by Crippen LogP contribution is 2.37. The van der Waals surface area contributed by atoms with E-state index in [1.165, 1.54) is 12.1 Å². The lowest BCUT2D eigenvalue weighted by atomic mass is 10.0. The minimum Gasteiger partial charge on any atom is -0.378 e. The van der Waals surface area contributed by atoms with Crippen molar-refractivity contribution in [2.45, 2.75) is 32.4 Å². The fraction of sp³-hybridized carbons (Fsp3) is 0.360. The number of hydrogen-bond donors (Lipinski definition) is 0. The molecule has 2 fully saturated rings. The van der Waals surface area contributed by atoms with Crippen LogP contribution in [0.4, 0.5) is 10.3 Å². The summed E-state index contributed by atoms with van der Waals surface area (Å²) in [6.45, 7) is 4.96. The Labute approximate surface area is 186 Å². The van der Waals surface area contributed by atoms with Crippen molar-refractivity contribution in [1.29, 1.82) is 0 Å². The van der Waals surface area contributed by atoms with E-state index in [2.05, 4.69) is 10.1 Å². The molecule has 0 atom stereocenters. The summed E-state index contributed by atoms with van der Waals surface area (Å²) in [6.07, 6.45) is 1.98. The predicted octanol–water partition coefficient (Wildman–Crippen LogP) is 4.43. The first kappa shape index (κ1) is 20.7. The third-order valence-electron chi connectivity index (χ3n) is 6.14. The number of halogens is 1. The number of ether oxygens (including phenoxy) is 1. The number of aryl methyl sites for hydroxylation is 1. The summed E-state index contributed by atoms with van der Waals surface area (Å²) < 4.78 is 24.8. The molecule has 1 amide bonds. The number of carbonyl (C=O) groups excluding carboxylic acids is 1. The number of hydrogen-bond acceptors (Lipinski definition) is 5. The average Bonchev–Trinajstić information content (AvgIpc) is 3.58. The van der Waals surface area contributed by atoms with Crippen molar-refractivity contribution in [3.63, 3.8) is 0 Å². The van der Waals surface area contributed by atoms with Crippen molar-refractivity contribution in [2.75, 3.05) is 31.2 Å². The molecule has 6 nitrogen and oxygen atoms in total. The van der Waals surface area contributed by atoms with Gasteiger partial charge in [-0.2, -0.15) is 0 Å². The molecule has 0 unspecified atom stereocenters. The molecule has 5 rings (SSSR count). The van der Waals surface area contributed by atoms with E-state index in [1.807, 2.05) is 36.1 Å². The summed E-state index contributed by atoms with van der Waals surface area (Å²) in [6, 6.07) is 14.1. The molecular formula is C25H26FN3O3. The Morgan fingerprint density at radius 1 is 1.12 bits per heavy atom. The van der Waals surface area contributed by atoms with E-state index in [1.54, 1.807) is 12.1 Å². The second-order valence-corrected chi connectivity index (χ2v) is 8.40. The SMILES string of the molecule is Cc1ccccc1C(=O)N(Cc1c(-c2ccc(F)cc2)noc1N1CCOCC1)C1CC1. The topological polar surface area (TPSA) is 58.8 Å². The molecular weight excluding hydrogens is 409 g/mol. The molecule has 1 saturated heterocycles. The minimum absolute atomic E-state index is 0.0183. The van der Waals surface area contributed by atoms with E-state index in [0.29, 0.717) is 50.0 Å². The highest BCUT2D eigenvalue weighted by molar-refractivity contribution is 5.96. The van der Waals surface area contributed by atoms with Gasteiger partial charge in [-0.15, -0.1) is 0 Å². The number of benzene rings is 2. The monoisotopic (exact) mass is 435 g/mol. The van der Waals surface area contributed by atoms with Crippen LogP contribution < -0.4 is 4.90 Å². The molecule has 0 N–H and O–H groups in total. The molecule has 1 aliphatic carbocycles. The van der Waals surface area contributed by atoms with Crippen LogP contribution in [0, 0.1) is 12.7 Å². The van der Waals surface area contributed by atoms with E-state index in [-0.39, 0.29) is 17.8 Å². The standard InChI is InChI=1S/C25H26FN3O3/c1-17-4-2-3-5-21(17)24(30)29(20-10-11-20)16-22-23(18-6-8-19(26)9-7-18)27-32-25(22)28-12-14-31-15-13-28/h2-9,20H,10-16H2,1H3. The van der Waals surface area contributed by atoms with Crippen LogP contribution in [0.15, 0.2) is 53.1 Å². The minimum atomic E-state index is -0.304. The number of amides is 1. The smallest absolute Gasteiger partial charge is 0.254 e. The number of carbonyl (C=O) groups is 1. The Kier molecular flexibility index (Phi) is 5.66. The number of rotatable bonds is 6. The summed E-state index contributed by atoms with van der Waals surface area (Å²) in [4.78, 5) is 17.6. The van der Waals surface area contributed by atoms with Crippen LogP contribution >= 0.6 is 0 Å². The summed E-state index contributed by atoms with van der Waals surface area (Å²) >= 11 is 0. The predicted molar refractivity (Wildman–Crippen MR) is 119 cm³/mol. The van der Waals surface area contributed by atoms with E-state index < -0.39 is 0 Å². The van der Waals surface area contributed by atoms with E-state index >= 15 is 0 Å². The van der Waals surface area contributed by atoms with Gasteiger partial charge >= 0.3 is 0 Å². The van der Waals surface area contributed by atoms with Crippen LogP contribution in [0.25, 0.3) is 11.3 Å². The third-order valence-corrected chi connectivity index (χ3v) is 6.14. The lowest BCUT2D eigenvalue weighted by Gasteiger charge is -2.28. The van der Waals surface area contributed by atoms with Gasteiger partial charge in [-0.3, -0.25) is 4.79 Å². The van der Waals surface area contributed by atoms with Gasteiger partial charge in [0, 0.05) is 30.3 Å². The molecule has 7 heteroatoms. The molecule has 2 aromatic carbocycles. The molecule has 2 aliphatic rings. The molecule has 166 valence electrons. The Hall–Kier alpha value is -3.19. The molecule has 0 bridgehead atoms. The molecule has 1 aromatic heterocycles. The average molecular weight is 435 g/mol. The zero-order chi connectivity index (χ0) is 22.1. The Bertz CT molecular complexity index is 1100. The largest absolute Gasteiger partial charge is 0.378 e. The maximum atomic E-state index is 13.5. The Morgan fingerprint density at radius 3 is 2.53 bits per heavy atom. The molecule has 1 aliphatic heterocycles. The highest BCUT2D eigenvalue weighted by atomic mass is 19.1. The first-order valence-electron chi connectivity index (χ1n) is 11.1. The molecule has 0 radical (unpaired) electrons. The second kappa shape index (κ2) is 8.74. The van der Waals surface area contributed by atoms with Gasteiger partial charge in [0.15, 0.2) is 0 Å². The molecule has 1 saturated carbocycles. The zero-order valence-electron chi connectivity index (χ0n) is 18.1. The lowest BCUT2D eigenvalue weighted by Crippen LogP contribution is -2.38. The van der Waals surface area contributed by atoms with Crippen LogP contribution in [-0.2, 0) is 11.3 Å². The van der Waals surface area contributed by atoms with Crippen LogP contribution in [-0.4, -0.2) is 48.3 Å². The van der Waals surface area contributed by atoms with Crippen LogP contribution in [0.3, 0.4) is 0 Å². The van der Waals surface area contributed by atoms with Gasteiger partial charge < -0.3 is 19.1 Å². The fourth-order valence-corrected chi connectivity index (χ4v) is 4.18. The number of anilines is 1. The summed E-state index contributed by atoms with van der Waals surface area (Å²) in [5.41, 5.74) is 3.94. The van der Waals surface area contributed by atoms with Crippen LogP contribution in [0.1, 0.15) is 34.3 Å². The maximum Gasteiger partial charge on any atom is 0.254 e. The Morgan fingerprint density at radius 2 is 1.84 bits per heavy atom. The third kappa shape index (κ3) is 4.12. The van der Waals surface area contributed by atoms with Gasteiger partial charge in [-0.25, -0.2) is 4.39 Å². The van der Waals surface area contributed by atoms with Crippen molar-refractivity contribution in [3.05, 3.63) is 71.0 Å². The normalized spacial score (nSPS) is 16.2. The van der Waals surface area contributed by atoms with Gasteiger partial charge in [0.2, 0.25) is 5.88 Å². The maximum absolute atomic E-state index is 13.5. The van der Waals surface area contributed by atoms with Gasteiger partial charge in [-0.1, -0.05) is 23.4 Å². The summed E-state index contributed by atoms with van der Waals surface area (Å²) in [5, 5.41) is 4.36. The Balaban J connectivity index is 1.53. The summed E-state index contributed by atoms with van der Waals surface area (Å²) in [7, 11) is 0. The quantitative estimate of drug-likeness (QED) is 0.573. The molecule has 32 heavy (non-hydrogen) atoms. The van der Waals surface area contributed by atoms with Crippen molar-refractivity contribution in [1.82, 2.24) is 10.1 Å². The van der Waals surface area contributed by atoms with Crippen molar-refractivity contribution >= 4 is 11.8 Å². The van der Waals surface area contributed by atoms with Gasteiger partial charge in [-0.05, 0) is 55.7 Å². The van der Waals surface area contributed by atoms with E-state index in [9.17, 15) is 9.18 Å². The number of morpholine rings is 1. The van der Waals surface area contributed by atoms with Crippen molar-refractivity contribution in [2.24, 2.45) is 0 Å². The lowest BCUT2D eigenvalue weighted by molar-refractivity contribution is 0.0729. The summed E-state index contributed by atoms with van der Waals surface area (Å²) in [5.74, 6) is 0.377. The zero-order valence-corrected chi connectivity index (χ0v) is 18.1. The van der Waals surface area contributed by atoms with Crippen LogP contribution in [0.5, 0.6) is 0 Å². The fourth-order valence-electron chi connectivity index (χ4n) is 4.18. The number of nitrogens with zero attached hydrogens (tertiary/aromatic N) is 3. The van der Waals surface area contributed by atoms with Crippen molar-refractivity contribution < 1.29 is 18.4 Å². The number of aromatic nitrogens is 1. The first-order valence-corrected chi connectivity index (χ1v) is 11.1. The van der Waals surface area contributed by atoms with Crippen molar-refractivity contribution in [3.8, 4) is 11.3 Å². The van der Waals surface area contributed by atoms with E-state index in [4.69, 9.17) is 9.26 Å². The van der Waals surface area contributed by atoms with E-state index in [0.717, 1.165) is 29.5 Å². The van der Waals surface area contributed by atoms with Gasteiger partial charge in [0.25, 0.3) is 5.91 Å². The van der Waals surface area contributed by atoms with Gasteiger partial charge in [0.05, 0.1) is 25.3 Å².